The number of morpholine rings is 1. The van der Waals surface area contributed by atoms with Crippen LogP contribution in [-0.4, -0.2) is 81.4 Å². The number of benzene rings is 1. The van der Waals surface area contributed by atoms with E-state index in [4.69, 9.17) is 9.47 Å². The van der Waals surface area contributed by atoms with E-state index in [9.17, 15) is 4.39 Å². The number of aliphatic imine (C=N–C) groups is 1. The minimum atomic E-state index is -0.285. The Bertz CT molecular complexity index is 584. The Hall–Kier alpha value is -1.13. The average Bonchev–Trinajstić information content (AvgIpc) is 3.12. The van der Waals surface area contributed by atoms with Gasteiger partial charge in [-0.15, -0.1) is 24.0 Å². The van der Waals surface area contributed by atoms with Crippen LogP contribution in [0.15, 0.2) is 29.3 Å². The van der Waals surface area contributed by atoms with Crippen LogP contribution < -0.4 is 10.1 Å². The van der Waals surface area contributed by atoms with Crippen molar-refractivity contribution in [3.8, 4) is 5.75 Å². The van der Waals surface area contributed by atoms with Gasteiger partial charge < -0.3 is 19.7 Å². The minimum Gasteiger partial charge on any atom is -0.492 e. The molecule has 2 heterocycles. The Labute approximate surface area is 171 Å². The Morgan fingerprint density at radius 2 is 2.15 bits per heavy atom. The van der Waals surface area contributed by atoms with Gasteiger partial charge in [0.25, 0.3) is 0 Å². The van der Waals surface area contributed by atoms with Gasteiger partial charge in [-0.25, -0.2) is 4.39 Å². The zero-order valence-electron chi connectivity index (χ0n) is 15.2. The highest BCUT2D eigenvalue weighted by atomic mass is 127. The summed E-state index contributed by atoms with van der Waals surface area (Å²) in [5.41, 5.74) is 0. The van der Waals surface area contributed by atoms with Crippen molar-refractivity contribution in [3.05, 3.63) is 30.1 Å². The molecule has 0 aromatic heterocycles. The van der Waals surface area contributed by atoms with Crippen LogP contribution in [0.2, 0.25) is 0 Å². The van der Waals surface area contributed by atoms with Crippen molar-refractivity contribution < 1.29 is 13.9 Å². The number of hydrogen-bond donors (Lipinski definition) is 1. The number of guanidine groups is 1. The Morgan fingerprint density at radius 3 is 2.88 bits per heavy atom. The summed E-state index contributed by atoms with van der Waals surface area (Å²) < 4.78 is 24.1. The van der Waals surface area contributed by atoms with Crippen molar-refractivity contribution in [1.82, 2.24) is 15.1 Å². The van der Waals surface area contributed by atoms with E-state index < -0.39 is 0 Å². The molecule has 6 nitrogen and oxygen atoms in total. The molecule has 0 saturated carbocycles. The smallest absolute Gasteiger partial charge is 0.193 e. The first-order chi connectivity index (χ1) is 12.3. The Morgan fingerprint density at radius 1 is 1.35 bits per heavy atom. The fraction of sp³-hybridized carbons (Fsp3) is 0.611. The quantitative estimate of drug-likeness (QED) is 0.303. The van der Waals surface area contributed by atoms with Gasteiger partial charge in [0, 0.05) is 45.3 Å². The molecular formula is C18H28FIN4O2. The van der Waals surface area contributed by atoms with Crippen LogP contribution in [0.4, 0.5) is 4.39 Å². The fourth-order valence-electron chi connectivity index (χ4n) is 3.40. The van der Waals surface area contributed by atoms with Crippen molar-refractivity contribution in [2.75, 3.05) is 59.6 Å². The monoisotopic (exact) mass is 478 g/mol. The van der Waals surface area contributed by atoms with Crippen LogP contribution in [0.25, 0.3) is 0 Å². The number of halogens is 2. The molecule has 2 aliphatic rings. The molecule has 1 aromatic carbocycles. The molecule has 1 unspecified atom stereocenters. The Kier molecular flexibility index (Phi) is 8.86. The number of nitrogens with one attached hydrogen (secondary N) is 1. The summed E-state index contributed by atoms with van der Waals surface area (Å²) in [5, 5.41) is 3.33. The largest absolute Gasteiger partial charge is 0.492 e. The van der Waals surface area contributed by atoms with Crippen LogP contribution in [-0.2, 0) is 4.74 Å². The molecule has 8 heteroatoms. The molecule has 0 aliphatic carbocycles. The maximum absolute atomic E-state index is 13.1. The standard InChI is InChI=1S/C18H27FN4O2.HI/c1-20-18(21-6-10-25-17-4-2-3-15(19)13-17)23-7-5-16(14-23)22-8-11-24-12-9-22;/h2-4,13,16H,5-12,14H2,1H3,(H,20,21);1H. The van der Waals surface area contributed by atoms with Gasteiger partial charge in [0.05, 0.1) is 19.8 Å². The number of likely N-dealkylation sites (tertiary alicyclic amines) is 1. The van der Waals surface area contributed by atoms with Gasteiger partial charge in [-0.2, -0.15) is 0 Å². The molecule has 0 radical (unpaired) electrons. The number of hydrogen-bond acceptors (Lipinski definition) is 4. The van der Waals surface area contributed by atoms with Crippen molar-refractivity contribution in [2.24, 2.45) is 4.99 Å². The van der Waals surface area contributed by atoms with E-state index in [1.807, 2.05) is 0 Å². The van der Waals surface area contributed by atoms with Crippen molar-refractivity contribution in [3.63, 3.8) is 0 Å². The molecule has 3 rings (SSSR count). The second-order valence-electron chi connectivity index (χ2n) is 6.32. The lowest BCUT2D eigenvalue weighted by Gasteiger charge is -2.32. The van der Waals surface area contributed by atoms with Crippen LogP contribution >= 0.6 is 24.0 Å². The van der Waals surface area contributed by atoms with E-state index >= 15 is 0 Å². The average molecular weight is 478 g/mol. The second-order valence-corrected chi connectivity index (χ2v) is 6.32. The maximum Gasteiger partial charge on any atom is 0.193 e. The lowest BCUT2D eigenvalue weighted by atomic mass is 10.2. The first-order valence-corrected chi connectivity index (χ1v) is 8.92. The van der Waals surface area contributed by atoms with E-state index in [-0.39, 0.29) is 29.8 Å². The van der Waals surface area contributed by atoms with Gasteiger partial charge in [0.15, 0.2) is 5.96 Å². The second kappa shape index (κ2) is 10.9. The molecule has 26 heavy (non-hydrogen) atoms. The molecule has 0 bridgehead atoms. The summed E-state index contributed by atoms with van der Waals surface area (Å²) in [6.07, 6.45) is 1.15. The van der Waals surface area contributed by atoms with E-state index in [0.717, 1.165) is 51.8 Å². The van der Waals surface area contributed by atoms with Crippen LogP contribution in [0.1, 0.15) is 6.42 Å². The lowest BCUT2D eigenvalue weighted by Crippen LogP contribution is -2.47. The van der Waals surface area contributed by atoms with Crippen LogP contribution in [0, 0.1) is 5.82 Å². The first-order valence-electron chi connectivity index (χ1n) is 8.92. The molecule has 1 atom stereocenters. The van der Waals surface area contributed by atoms with Crippen molar-refractivity contribution in [2.45, 2.75) is 12.5 Å². The molecular weight excluding hydrogens is 450 g/mol. The summed E-state index contributed by atoms with van der Waals surface area (Å²) >= 11 is 0. The van der Waals surface area contributed by atoms with Gasteiger partial charge in [-0.05, 0) is 18.6 Å². The SMILES string of the molecule is CN=C(NCCOc1cccc(F)c1)N1CCC(N2CCOCC2)C1.I. The molecule has 2 saturated heterocycles. The normalized spacial score (nSPS) is 21.4. The first kappa shape index (κ1) is 21.2. The molecule has 1 aromatic rings. The lowest BCUT2D eigenvalue weighted by molar-refractivity contribution is 0.0195. The zero-order valence-corrected chi connectivity index (χ0v) is 17.5. The third kappa shape index (κ3) is 5.95. The summed E-state index contributed by atoms with van der Waals surface area (Å²) in [7, 11) is 1.80. The Balaban J connectivity index is 0.00000243. The predicted molar refractivity (Wildman–Crippen MR) is 111 cm³/mol. The van der Waals surface area contributed by atoms with Gasteiger partial charge in [-0.1, -0.05) is 6.07 Å². The number of rotatable bonds is 5. The summed E-state index contributed by atoms with van der Waals surface area (Å²) in [6.45, 7) is 6.79. The fourth-order valence-corrected chi connectivity index (χ4v) is 3.40. The van der Waals surface area contributed by atoms with E-state index in [2.05, 4.69) is 20.1 Å². The van der Waals surface area contributed by atoms with Crippen molar-refractivity contribution in [1.29, 1.82) is 0 Å². The highest BCUT2D eigenvalue weighted by Gasteiger charge is 2.30. The van der Waals surface area contributed by atoms with E-state index in [1.54, 1.807) is 19.2 Å². The molecule has 0 amide bonds. The van der Waals surface area contributed by atoms with Gasteiger partial charge >= 0.3 is 0 Å². The highest BCUT2D eigenvalue weighted by molar-refractivity contribution is 14.0. The highest BCUT2D eigenvalue weighted by Crippen LogP contribution is 2.17. The summed E-state index contributed by atoms with van der Waals surface area (Å²) in [4.78, 5) is 9.19. The van der Waals surface area contributed by atoms with Crippen LogP contribution in [0.5, 0.6) is 5.75 Å². The predicted octanol–water partition coefficient (Wildman–Crippen LogP) is 1.80. The third-order valence-electron chi connectivity index (χ3n) is 4.69. The van der Waals surface area contributed by atoms with Gasteiger partial charge in [0.2, 0.25) is 0 Å². The number of nitrogens with zero attached hydrogens (tertiary/aromatic N) is 3. The molecule has 2 fully saturated rings. The minimum absolute atomic E-state index is 0. The molecule has 0 spiro atoms. The molecule has 1 N–H and O–H groups in total. The third-order valence-corrected chi connectivity index (χ3v) is 4.69. The number of ether oxygens (including phenoxy) is 2. The molecule has 2 aliphatic heterocycles. The van der Waals surface area contributed by atoms with Crippen LogP contribution in [0.3, 0.4) is 0 Å². The van der Waals surface area contributed by atoms with Crippen molar-refractivity contribution >= 4 is 29.9 Å². The van der Waals surface area contributed by atoms with E-state index in [1.165, 1.54) is 12.1 Å². The molecule has 146 valence electrons. The summed E-state index contributed by atoms with van der Waals surface area (Å²) in [6, 6.07) is 6.78. The van der Waals surface area contributed by atoms with E-state index in [0.29, 0.717) is 24.9 Å². The topological polar surface area (TPSA) is 49.3 Å². The summed E-state index contributed by atoms with van der Waals surface area (Å²) in [5.74, 6) is 1.16. The van der Waals surface area contributed by atoms with Gasteiger partial charge in [-0.3, -0.25) is 9.89 Å². The zero-order chi connectivity index (χ0) is 17.5. The van der Waals surface area contributed by atoms with Gasteiger partial charge in [0.1, 0.15) is 18.2 Å². The maximum atomic E-state index is 13.1.